The van der Waals surface area contributed by atoms with E-state index in [1.54, 1.807) is 0 Å². The lowest BCUT2D eigenvalue weighted by Crippen LogP contribution is -2.29. The third-order valence-corrected chi connectivity index (χ3v) is 18.0. The summed E-state index contributed by atoms with van der Waals surface area (Å²) in [6.45, 7) is 17.8. The quantitative estimate of drug-likeness (QED) is 0.146. The molecule has 0 nitrogen and oxygen atoms in total. The average molecular weight is 767 g/mol. The van der Waals surface area contributed by atoms with Crippen LogP contribution in [0, 0.1) is 55.4 Å². The molecule has 8 aromatic carbocycles. The number of aryl methyl sites for hydroxylation is 8. The summed E-state index contributed by atoms with van der Waals surface area (Å²) in [5.41, 5.74) is 12.7. The summed E-state index contributed by atoms with van der Waals surface area (Å²) in [7, 11) is -0.983. The van der Waals surface area contributed by atoms with E-state index in [1.807, 2.05) is 0 Å². The maximum absolute atomic E-state index is 7.39. The highest BCUT2D eigenvalue weighted by Crippen LogP contribution is 2.50. The molecule has 0 atom stereocenters. The highest BCUT2D eigenvalue weighted by Gasteiger charge is 2.33. The fourth-order valence-corrected chi connectivity index (χ4v) is 16.0. The van der Waals surface area contributed by atoms with Gasteiger partial charge in [0.05, 0.1) is 0 Å². The van der Waals surface area contributed by atoms with Crippen molar-refractivity contribution in [2.24, 2.45) is 0 Å². The summed E-state index contributed by atoms with van der Waals surface area (Å²) in [4.78, 5) is 0. The lowest BCUT2D eigenvalue weighted by molar-refractivity contribution is 1.40. The molecular formula is C52H48P2S. The summed E-state index contributed by atoms with van der Waals surface area (Å²) in [6.07, 6.45) is 0. The first-order valence-corrected chi connectivity index (χ1v) is 23.3. The van der Waals surface area contributed by atoms with Crippen LogP contribution in [-0.2, 0) is 11.8 Å². The van der Waals surface area contributed by atoms with Gasteiger partial charge in [-0.15, -0.1) is 0 Å². The molecule has 0 spiro atoms. The van der Waals surface area contributed by atoms with Gasteiger partial charge in [0, 0.05) is 11.3 Å². The molecule has 55 heavy (non-hydrogen) atoms. The fraction of sp³-hybridized carbons (Fsp3) is 0.154. The Bertz CT molecular complexity index is 2660. The molecular weight excluding hydrogens is 719 g/mol. The molecule has 0 radical (unpaired) electrons. The van der Waals surface area contributed by atoms with Gasteiger partial charge >= 0.3 is 0 Å². The second kappa shape index (κ2) is 14.8. The van der Waals surface area contributed by atoms with Gasteiger partial charge in [-0.3, -0.25) is 0 Å². The van der Waals surface area contributed by atoms with E-state index in [0.717, 1.165) is 0 Å². The van der Waals surface area contributed by atoms with Crippen molar-refractivity contribution in [1.29, 1.82) is 0 Å². The van der Waals surface area contributed by atoms with Crippen LogP contribution in [0.25, 0.3) is 32.7 Å². The maximum atomic E-state index is 7.39. The molecule has 0 aromatic heterocycles. The first-order chi connectivity index (χ1) is 26.4. The topological polar surface area (TPSA) is 0 Å². The molecule has 0 saturated carbocycles. The summed E-state index contributed by atoms with van der Waals surface area (Å²) in [6, 6.07) is 53.1. The Kier molecular flexibility index (Phi) is 10.0. The Morgan fingerprint density at radius 1 is 0.382 bits per heavy atom. The van der Waals surface area contributed by atoms with Gasteiger partial charge in [-0.1, -0.05) is 202 Å². The van der Waals surface area contributed by atoms with E-state index in [4.69, 9.17) is 11.8 Å². The van der Waals surface area contributed by atoms with Crippen molar-refractivity contribution in [1.82, 2.24) is 0 Å². The van der Waals surface area contributed by atoms with Crippen LogP contribution in [-0.4, -0.2) is 0 Å². The first kappa shape index (κ1) is 37.3. The average Bonchev–Trinajstić information content (AvgIpc) is 3.12. The summed E-state index contributed by atoms with van der Waals surface area (Å²) >= 11 is 7.39. The van der Waals surface area contributed by atoms with Gasteiger partial charge in [0.1, 0.15) is 0 Å². The zero-order valence-corrected chi connectivity index (χ0v) is 35.8. The minimum Gasteiger partial charge on any atom is -0.0826 e. The van der Waals surface area contributed by atoms with Crippen molar-refractivity contribution in [2.45, 2.75) is 55.4 Å². The molecule has 0 aliphatic rings. The molecule has 0 amide bonds. The first-order valence-electron chi connectivity index (χ1n) is 19.2. The van der Waals surface area contributed by atoms with E-state index < -0.39 is 14.0 Å². The molecule has 272 valence electrons. The van der Waals surface area contributed by atoms with Crippen molar-refractivity contribution in [3.8, 4) is 11.1 Å². The maximum Gasteiger partial charge on any atom is 0.0386 e. The van der Waals surface area contributed by atoms with Crippen LogP contribution >= 0.6 is 14.0 Å². The van der Waals surface area contributed by atoms with E-state index >= 15 is 0 Å². The highest BCUT2D eigenvalue weighted by atomic mass is 32.4. The number of hydrogen-bond acceptors (Lipinski definition) is 1. The SMILES string of the molecule is Cc1cc(C)cc(P(c2cc(C)cc(C)c2)c2ccc3ccccc3c2-c2c(P(=S)(c3cc(C)cc(C)c3)c3cc(C)cc(C)c3)ccc3ccccc23)c1. The molecule has 8 rings (SSSR count). The van der Waals surface area contributed by atoms with Gasteiger partial charge in [-0.2, -0.15) is 0 Å². The molecule has 0 fully saturated rings. The van der Waals surface area contributed by atoms with E-state index in [2.05, 4.69) is 201 Å². The van der Waals surface area contributed by atoms with E-state index in [0.29, 0.717) is 0 Å². The highest BCUT2D eigenvalue weighted by molar-refractivity contribution is 8.25. The Balaban J connectivity index is 1.59. The molecule has 0 aliphatic carbocycles. The molecule has 0 bridgehead atoms. The lowest BCUT2D eigenvalue weighted by atomic mass is 9.93. The van der Waals surface area contributed by atoms with Crippen LogP contribution in [0.2, 0.25) is 0 Å². The zero-order valence-electron chi connectivity index (χ0n) is 33.2. The van der Waals surface area contributed by atoms with Gasteiger partial charge in [-0.05, 0) is 123 Å². The van der Waals surface area contributed by atoms with E-state index in [-0.39, 0.29) is 0 Å². The van der Waals surface area contributed by atoms with Crippen molar-refractivity contribution in [3.63, 3.8) is 0 Å². The van der Waals surface area contributed by atoms with E-state index in [1.165, 1.54) is 109 Å². The standard InChI is InChI=1S/C52H48P2S/c1-33-21-34(2)26-43(25-33)53(44-27-35(3)22-36(4)28-44)49-19-17-41-13-9-11-15-47(41)51(49)52-48-16-12-10-14-42(48)18-20-50(52)54(55,45-29-37(5)23-38(6)30-45)46-31-39(7)24-40(8)32-46/h9-32H,1-8H3. The smallest absolute Gasteiger partial charge is 0.0386 e. The number of rotatable bonds is 7. The molecule has 0 heterocycles. The van der Waals surface area contributed by atoms with Crippen molar-refractivity contribution < 1.29 is 0 Å². The van der Waals surface area contributed by atoms with Gasteiger partial charge in [0.15, 0.2) is 0 Å². The number of fused-ring (bicyclic) bond motifs is 2. The molecule has 0 saturated heterocycles. The monoisotopic (exact) mass is 766 g/mol. The third-order valence-electron chi connectivity index (χ3n) is 10.7. The van der Waals surface area contributed by atoms with Crippen LogP contribution < -0.4 is 31.8 Å². The summed E-state index contributed by atoms with van der Waals surface area (Å²) in [5, 5.41) is 12.8. The lowest BCUT2D eigenvalue weighted by Gasteiger charge is -2.31. The minimum atomic E-state index is -2.65. The Morgan fingerprint density at radius 2 is 0.745 bits per heavy atom. The molecule has 0 unspecified atom stereocenters. The Hall–Kier alpha value is -4.64. The van der Waals surface area contributed by atoms with Crippen LogP contribution in [0.1, 0.15) is 44.5 Å². The van der Waals surface area contributed by atoms with Crippen molar-refractivity contribution in [2.75, 3.05) is 0 Å². The van der Waals surface area contributed by atoms with Crippen LogP contribution in [0.15, 0.2) is 146 Å². The Labute approximate surface area is 334 Å². The normalized spacial score (nSPS) is 11.9. The third kappa shape index (κ3) is 7.04. The van der Waals surface area contributed by atoms with Gasteiger partial charge in [-0.25, -0.2) is 0 Å². The zero-order chi connectivity index (χ0) is 38.6. The largest absolute Gasteiger partial charge is 0.0826 e. The fourth-order valence-electron chi connectivity index (χ4n) is 8.77. The van der Waals surface area contributed by atoms with Gasteiger partial charge in [0.2, 0.25) is 0 Å². The summed E-state index contributed by atoms with van der Waals surface area (Å²) in [5.74, 6) is 0. The minimum absolute atomic E-state index is 0.983. The van der Waals surface area contributed by atoms with Gasteiger partial charge < -0.3 is 0 Å². The predicted octanol–water partition coefficient (Wildman–Crippen LogP) is 11.6. The second-order valence-corrected chi connectivity index (χ2v) is 22.3. The number of hydrogen-bond donors (Lipinski definition) is 0. The molecule has 0 aliphatic heterocycles. The number of benzene rings is 8. The van der Waals surface area contributed by atoms with Crippen molar-refractivity contribution in [3.05, 3.63) is 190 Å². The van der Waals surface area contributed by atoms with Crippen LogP contribution in [0.5, 0.6) is 0 Å². The predicted molar refractivity (Wildman–Crippen MR) is 250 cm³/mol. The molecule has 3 heteroatoms. The van der Waals surface area contributed by atoms with Gasteiger partial charge in [0.25, 0.3) is 0 Å². The Morgan fingerprint density at radius 3 is 1.18 bits per heavy atom. The van der Waals surface area contributed by atoms with E-state index in [9.17, 15) is 0 Å². The molecule has 0 N–H and O–H groups in total. The van der Waals surface area contributed by atoms with Crippen LogP contribution in [0.3, 0.4) is 0 Å². The van der Waals surface area contributed by atoms with Crippen LogP contribution in [0.4, 0.5) is 0 Å². The second-order valence-electron chi connectivity index (χ2n) is 15.7. The summed E-state index contributed by atoms with van der Waals surface area (Å²) < 4.78 is 0. The van der Waals surface area contributed by atoms with Crippen molar-refractivity contribution >= 4 is 79.1 Å². The molecule has 8 aromatic rings.